The zero-order valence-corrected chi connectivity index (χ0v) is 8.88. The van der Waals surface area contributed by atoms with Crippen LogP contribution < -0.4 is 11.5 Å². The second kappa shape index (κ2) is 3.44. The summed E-state index contributed by atoms with van der Waals surface area (Å²) in [6.45, 7) is 0. The molecule has 3 aromatic rings. The molecule has 0 aliphatic heterocycles. The van der Waals surface area contributed by atoms with Gasteiger partial charge < -0.3 is 16.5 Å². The van der Waals surface area contributed by atoms with Gasteiger partial charge in [-0.25, -0.2) is 15.0 Å². The van der Waals surface area contributed by atoms with Crippen molar-refractivity contribution < 1.29 is 0 Å². The maximum absolute atomic E-state index is 5.73. The third-order valence-electron chi connectivity index (χ3n) is 2.50. The van der Waals surface area contributed by atoms with E-state index in [4.69, 9.17) is 11.5 Å². The number of rotatable bonds is 1. The fraction of sp³-hybridized carbons (Fsp3) is 0. The first kappa shape index (κ1) is 9.59. The van der Waals surface area contributed by atoms with Crippen LogP contribution in [-0.2, 0) is 0 Å². The molecule has 3 aromatic heterocycles. The number of nitrogens with zero attached hydrogens (tertiary/aromatic N) is 3. The van der Waals surface area contributed by atoms with Gasteiger partial charge in [-0.05, 0) is 12.1 Å². The summed E-state index contributed by atoms with van der Waals surface area (Å²) in [5.41, 5.74) is 14.3. The van der Waals surface area contributed by atoms with Crippen molar-refractivity contribution in [3.63, 3.8) is 0 Å². The molecule has 0 bridgehead atoms. The quantitative estimate of drug-likeness (QED) is 0.577. The molecule has 3 heterocycles. The number of fused-ring (bicyclic) bond motifs is 1. The molecule has 3 rings (SSSR count). The van der Waals surface area contributed by atoms with Gasteiger partial charge in [-0.1, -0.05) is 0 Å². The van der Waals surface area contributed by atoms with Crippen LogP contribution in [0.15, 0.2) is 30.7 Å². The molecule has 0 saturated heterocycles. The van der Waals surface area contributed by atoms with Crippen molar-refractivity contribution in [1.29, 1.82) is 0 Å². The highest BCUT2D eigenvalue weighted by molar-refractivity contribution is 5.94. The third kappa shape index (κ3) is 1.55. The molecule has 0 radical (unpaired) electrons. The smallest absolute Gasteiger partial charge is 0.220 e. The Balaban J connectivity index is 2.27. The van der Waals surface area contributed by atoms with Crippen LogP contribution in [0.5, 0.6) is 0 Å². The summed E-state index contributed by atoms with van der Waals surface area (Å²) in [6.07, 6.45) is 5.06. The monoisotopic (exact) mass is 226 g/mol. The van der Waals surface area contributed by atoms with E-state index in [9.17, 15) is 0 Å². The lowest BCUT2D eigenvalue weighted by atomic mass is 10.1. The Hall–Kier alpha value is -2.63. The third-order valence-corrected chi connectivity index (χ3v) is 2.50. The van der Waals surface area contributed by atoms with Crippen LogP contribution in [0, 0.1) is 0 Å². The summed E-state index contributed by atoms with van der Waals surface area (Å²) in [5, 5.41) is 0.920. The van der Waals surface area contributed by atoms with Gasteiger partial charge in [0.15, 0.2) is 0 Å². The van der Waals surface area contributed by atoms with Gasteiger partial charge in [-0.2, -0.15) is 0 Å². The van der Waals surface area contributed by atoms with Crippen molar-refractivity contribution in [3.05, 3.63) is 30.7 Å². The van der Waals surface area contributed by atoms with Gasteiger partial charge in [0.25, 0.3) is 0 Å². The summed E-state index contributed by atoms with van der Waals surface area (Å²) >= 11 is 0. The van der Waals surface area contributed by atoms with Gasteiger partial charge in [0, 0.05) is 23.3 Å². The molecule has 5 N–H and O–H groups in total. The SMILES string of the molecule is Nc1cnc2[nH]cc(-c3ccnc(N)n3)c2c1. The molecule has 17 heavy (non-hydrogen) atoms. The highest BCUT2D eigenvalue weighted by atomic mass is 15.0. The zero-order valence-electron chi connectivity index (χ0n) is 8.88. The van der Waals surface area contributed by atoms with Gasteiger partial charge in [-0.15, -0.1) is 0 Å². The molecule has 0 atom stereocenters. The number of nitrogens with one attached hydrogen (secondary N) is 1. The van der Waals surface area contributed by atoms with E-state index in [0.717, 1.165) is 22.3 Å². The van der Waals surface area contributed by atoms with Crippen LogP contribution in [0.4, 0.5) is 11.6 Å². The van der Waals surface area contributed by atoms with Gasteiger partial charge in [0.05, 0.1) is 17.6 Å². The van der Waals surface area contributed by atoms with Gasteiger partial charge in [-0.3, -0.25) is 0 Å². The Morgan fingerprint density at radius 1 is 1.18 bits per heavy atom. The van der Waals surface area contributed by atoms with Gasteiger partial charge >= 0.3 is 0 Å². The Kier molecular flexibility index (Phi) is 1.94. The van der Waals surface area contributed by atoms with E-state index in [1.807, 2.05) is 12.3 Å². The number of aromatic nitrogens is 4. The van der Waals surface area contributed by atoms with Gasteiger partial charge in [0.1, 0.15) is 5.65 Å². The van der Waals surface area contributed by atoms with E-state index < -0.39 is 0 Å². The van der Waals surface area contributed by atoms with Crippen molar-refractivity contribution in [1.82, 2.24) is 19.9 Å². The summed E-state index contributed by atoms with van der Waals surface area (Å²) in [4.78, 5) is 15.3. The molecule has 84 valence electrons. The molecule has 0 spiro atoms. The highest BCUT2D eigenvalue weighted by Gasteiger charge is 2.08. The lowest BCUT2D eigenvalue weighted by molar-refractivity contribution is 1.19. The summed E-state index contributed by atoms with van der Waals surface area (Å²) < 4.78 is 0. The number of hydrogen-bond acceptors (Lipinski definition) is 5. The minimum Gasteiger partial charge on any atom is -0.397 e. The van der Waals surface area contributed by atoms with Crippen LogP contribution in [0.25, 0.3) is 22.3 Å². The Labute approximate surface area is 96.7 Å². The first-order valence-electron chi connectivity index (χ1n) is 5.05. The van der Waals surface area contributed by atoms with Crippen molar-refractivity contribution >= 4 is 22.7 Å². The van der Waals surface area contributed by atoms with E-state index in [1.165, 1.54) is 0 Å². The number of nitrogens with two attached hydrogens (primary N) is 2. The number of nitrogen functional groups attached to an aromatic ring is 2. The molecule has 0 aliphatic rings. The second-order valence-electron chi connectivity index (χ2n) is 3.67. The predicted molar refractivity (Wildman–Crippen MR) is 65.9 cm³/mol. The van der Waals surface area contributed by atoms with Crippen LogP contribution in [0.1, 0.15) is 0 Å². The van der Waals surface area contributed by atoms with Crippen molar-refractivity contribution in [2.45, 2.75) is 0 Å². The number of H-pyrrole nitrogens is 1. The molecule has 0 fully saturated rings. The summed E-state index contributed by atoms with van der Waals surface area (Å²) in [7, 11) is 0. The normalized spacial score (nSPS) is 10.8. The first-order valence-corrected chi connectivity index (χ1v) is 5.05. The maximum Gasteiger partial charge on any atom is 0.220 e. The number of hydrogen-bond donors (Lipinski definition) is 3. The van der Waals surface area contributed by atoms with E-state index in [0.29, 0.717) is 5.69 Å². The molecule has 6 nitrogen and oxygen atoms in total. The molecular formula is C11H10N6. The van der Waals surface area contributed by atoms with E-state index in [2.05, 4.69) is 19.9 Å². The Morgan fingerprint density at radius 3 is 2.88 bits per heavy atom. The van der Waals surface area contributed by atoms with Crippen molar-refractivity contribution in [2.75, 3.05) is 11.5 Å². The van der Waals surface area contributed by atoms with Crippen LogP contribution in [-0.4, -0.2) is 19.9 Å². The Morgan fingerprint density at radius 2 is 2.06 bits per heavy atom. The van der Waals surface area contributed by atoms with Crippen molar-refractivity contribution in [3.8, 4) is 11.3 Å². The highest BCUT2D eigenvalue weighted by Crippen LogP contribution is 2.27. The van der Waals surface area contributed by atoms with Crippen LogP contribution in [0.2, 0.25) is 0 Å². The largest absolute Gasteiger partial charge is 0.397 e. The fourth-order valence-corrected chi connectivity index (χ4v) is 1.76. The molecule has 6 heteroatoms. The van der Waals surface area contributed by atoms with Crippen LogP contribution >= 0.6 is 0 Å². The van der Waals surface area contributed by atoms with E-state index >= 15 is 0 Å². The molecule has 0 amide bonds. The number of aromatic amines is 1. The van der Waals surface area contributed by atoms with E-state index in [1.54, 1.807) is 18.5 Å². The average Bonchev–Trinajstić information content (AvgIpc) is 2.71. The minimum atomic E-state index is 0.244. The van der Waals surface area contributed by atoms with Crippen LogP contribution in [0.3, 0.4) is 0 Å². The summed E-state index contributed by atoms with van der Waals surface area (Å²) in [5.74, 6) is 0.244. The Bertz CT molecular complexity index is 687. The average molecular weight is 226 g/mol. The van der Waals surface area contributed by atoms with Gasteiger partial charge in [0.2, 0.25) is 5.95 Å². The number of pyridine rings is 1. The maximum atomic E-state index is 5.73. The fourth-order valence-electron chi connectivity index (χ4n) is 1.76. The van der Waals surface area contributed by atoms with Crippen molar-refractivity contribution in [2.24, 2.45) is 0 Å². The molecule has 0 aliphatic carbocycles. The first-order chi connectivity index (χ1) is 8.24. The minimum absolute atomic E-state index is 0.244. The lowest BCUT2D eigenvalue weighted by Gasteiger charge is -1.99. The molecule has 0 unspecified atom stereocenters. The lowest BCUT2D eigenvalue weighted by Crippen LogP contribution is -1.94. The number of anilines is 2. The molecule has 0 aromatic carbocycles. The van der Waals surface area contributed by atoms with E-state index in [-0.39, 0.29) is 5.95 Å². The predicted octanol–water partition coefficient (Wildman–Crippen LogP) is 1.18. The standard InChI is InChI=1S/C11H10N6/c12-6-3-7-8(5-16-10(7)15-4-6)9-1-2-14-11(13)17-9/h1-5H,12H2,(H,15,16)(H2,13,14,17). The zero-order chi connectivity index (χ0) is 11.8. The molecule has 0 saturated carbocycles. The molecular weight excluding hydrogens is 216 g/mol. The second-order valence-corrected chi connectivity index (χ2v) is 3.67. The topological polar surface area (TPSA) is 106 Å². The summed E-state index contributed by atoms with van der Waals surface area (Å²) in [6, 6.07) is 3.65.